The monoisotopic (exact) mass is 281 g/mol. The summed E-state index contributed by atoms with van der Waals surface area (Å²) in [6.07, 6.45) is 2.32. The maximum Gasteiger partial charge on any atom is 0.335 e. The summed E-state index contributed by atoms with van der Waals surface area (Å²) in [5, 5.41) is 8.97. The van der Waals surface area contributed by atoms with Gasteiger partial charge >= 0.3 is 5.97 Å². The molecule has 1 saturated heterocycles. The summed E-state index contributed by atoms with van der Waals surface area (Å²) in [4.78, 5) is 13.0. The number of hydrogen-bond acceptors (Lipinski definition) is 3. The van der Waals surface area contributed by atoms with Crippen LogP contribution in [0.15, 0.2) is 18.2 Å². The smallest absolute Gasteiger partial charge is 0.335 e. The number of nitrogens with zero attached hydrogens (tertiary/aromatic N) is 1. The lowest BCUT2D eigenvalue weighted by atomic mass is 10.1. The average Bonchev–Trinajstić information content (AvgIpc) is 2.92. The number of ether oxygens (including phenoxy) is 1. The molecule has 1 heterocycles. The van der Waals surface area contributed by atoms with Crippen molar-refractivity contribution in [1.29, 1.82) is 0 Å². The van der Waals surface area contributed by atoms with E-state index in [0.29, 0.717) is 12.1 Å². The Morgan fingerprint density at radius 3 is 2.95 bits per heavy atom. The van der Waals surface area contributed by atoms with Crippen molar-refractivity contribution < 1.29 is 19.0 Å². The van der Waals surface area contributed by atoms with Gasteiger partial charge in [-0.05, 0) is 37.6 Å². The molecule has 0 bridgehead atoms. The summed E-state index contributed by atoms with van der Waals surface area (Å²) in [6.45, 7) is 4.74. The Balaban J connectivity index is 2.05. The number of aromatic carboxylic acids is 1. The van der Waals surface area contributed by atoms with Crippen molar-refractivity contribution in [3.63, 3.8) is 0 Å². The molecule has 1 unspecified atom stereocenters. The number of hydrogen-bond donors (Lipinski definition) is 1. The number of carboxylic acids is 1. The predicted molar refractivity (Wildman–Crippen MR) is 73.3 cm³/mol. The Bertz CT molecular complexity index is 472. The van der Waals surface area contributed by atoms with Gasteiger partial charge in [0.1, 0.15) is 5.82 Å². The standard InChI is InChI=1S/C15H20FNO3/c1-2-17(10-13-4-3-7-20-13)9-12-8-11(15(18)19)5-6-14(12)16/h5-6,8,13H,2-4,7,9-10H2,1H3,(H,18,19). The molecule has 5 heteroatoms. The lowest BCUT2D eigenvalue weighted by Gasteiger charge is -2.24. The van der Waals surface area contributed by atoms with E-state index >= 15 is 0 Å². The van der Waals surface area contributed by atoms with Gasteiger partial charge in [-0.25, -0.2) is 9.18 Å². The number of rotatable bonds is 6. The quantitative estimate of drug-likeness (QED) is 0.870. The minimum atomic E-state index is -1.03. The zero-order valence-corrected chi connectivity index (χ0v) is 11.6. The molecule has 0 saturated carbocycles. The summed E-state index contributed by atoms with van der Waals surface area (Å²) in [7, 11) is 0. The van der Waals surface area contributed by atoms with Crippen LogP contribution in [0.1, 0.15) is 35.7 Å². The zero-order valence-electron chi connectivity index (χ0n) is 11.6. The maximum absolute atomic E-state index is 13.8. The van der Waals surface area contributed by atoms with Gasteiger partial charge in [-0.2, -0.15) is 0 Å². The van der Waals surface area contributed by atoms with Gasteiger partial charge in [0.05, 0.1) is 11.7 Å². The highest BCUT2D eigenvalue weighted by molar-refractivity contribution is 5.87. The van der Waals surface area contributed by atoms with Gasteiger partial charge in [0.2, 0.25) is 0 Å². The zero-order chi connectivity index (χ0) is 14.5. The van der Waals surface area contributed by atoms with Crippen LogP contribution < -0.4 is 0 Å². The topological polar surface area (TPSA) is 49.8 Å². The molecule has 1 aliphatic heterocycles. The maximum atomic E-state index is 13.8. The highest BCUT2D eigenvalue weighted by atomic mass is 19.1. The third kappa shape index (κ3) is 3.77. The third-order valence-electron chi connectivity index (χ3n) is 3.62. The Morgan fingerprint density at radius 1 is 1.55 bits per heavy atom. The van der Waals surface area contributed by atoms with E-state index in [1.165, 1.54) is 18.2 Å². The predicted octanol–water partition coefficient (Wildman–Crippen LogP) is 2.52. The number of carboxylic acid groups (broad SMARTS) is 1. The van der Waals surface area contributed by atoms with Gasteiger partial charge in [-0.3, -0.25) is 4.90 Å². The molecular weight excluding hydrogens is 261 g/mol. The van der Waals surface area contributed by atoms with E-state index in [4.69, 9.17) is 9.84 Å². The first-order valence-electron chi connectivity index (χ1n) is 6.95. The fourth-order valence-electron chi connectivity index (χ4n) is 2.45. The van der Waals surface area contributed by atoms with Crippen LogP contribution in [-0.4, -0.2) is 41.8 Å². The second-order valence-electron chi connectivity index (χ2n) is 5.07. The van der Waals surface area contributed by atoms with Gasteiger partial charge in [-0.15, -0.1) is 0 Å². The van der Waals surface area contributed by atoms with Crippen molar-refractivity contribution in [1.82, 2.24) is 4.90 Å². The Hall–Kier alpha value is -1.46. The fourth-order valence-corrected chi connectivity index (χ4v) is 2.45. The number of carbonyl (C=O) groups is 1. The first-order chi connectivity index (χ1) is 9.60. The molecule has 0 amide bonds. The van der Waals surface area contributed by atoms with Gasteiger partial charge in [0.25, 0.3) is 0 Å². The molecule has 2 rings (SSSR count). The molecule has 0 aromatic heterocycles. The van der Waals surface area contributed by atoms with Gasteiger partial charge in [0.15, 0.2) is 0 Å². The summed E-state index contributed by atoms with van der Waals surface area (Å²) in [5.41, 5.74) is 0.541. The van der Waals surface area contributed by atoms with Crippen molar-refractivity contribution in [3.8, 4) is 0 Å². The Morgan fingerprint density at radius 2 is 2.35 bits per heavy atom. The molecular formula is C15H20FNO3. The Kier molecular flexibility index (Phi) is 5.09. The van der Waals surface area contributed by atoms with E-state index in [2.05, 4.69) is 4.90 Å². The molecule has 4 nitrogen and oxygen atoms in total. The van der Waals surface area contributed by atoms with Crippen molar-refractivity contribution in [2.75, 3.05) is 19.7 Å². The highest BCUT2D eigenvalue weighted by Gasteiger charge is 2.19. The number of likely N-dealkylation sites (N-methyl/N-ethyl adjacent to an activating group) is 1. The van der Waals surface area contributed by atoms with Crippen molar-refractivity contribution in [2.24, 2.45) is 0 Å². The molecule has 1 N–H and O–H groups in total. The summed E-state index contributed by atoms with van der Waals surface area (Å²) < 4.78 is 19.4. The molecule has 1 aromatic carbocycles. The van der Waals surface area contributed by atoms with Gasteiger partial charge in [0, 0.05) is 25.3 Å². The van der Waals surface area contributed by atoms with Crippen LogP contribution in [0.3, 0.4) is 0 Å². The Labute approximate surface area is 118 Å². The van der Waals surface area contributed by atoms with Crippen molar-refractivity contribution in [2.45, 2.75) is 32.4 Å². The van der Waals surface area contributed by atoms with Crippen LogP contribution >= 0.6 is 0 Å². The van der Waals surface area contributed by atoms with E-state index in [1.807, 2.05) is 6.92 Å². The summed E-state index contributed by atoms with van der Waals surface area (Å²) in [5.74, 6) is -1.39. The molecule has 1 atom stereocenters. The second-order valence-corrected chi connectivity index (χ2v) is 5.07. The normalized spacial score (nSPS) is 18.6. The molecule has 1 aromatic rings. The molecule has 110 valence electrons. The van der Waals surface area contributed by atoms with Crippen LogP contribution in [0.2, 0.25) is 0 Å². The lowest BCUT2D eigenvalue weighted by Crippen LogP contribution is -2.32. The van der Waals surface area contributed by atoms with E-state index in [-0.39, 0.29) is 17.5 Å². The van der Waals surface area contributed by atoms with E-state index in [9.17, 15) is 9.18 Å². The van der Waals surface area contributed by atoms with E-state index < -0.39 is 5.97 Å². The van der Waals surface area contributed by atoms with Crippen LogP contribution in [-0.2, 0) is 11.3 Å². The lowest BCUT2D eigenvalue weighted by molar-refractivity contribution is 0.0692. The molecule has 0 spiro atoms. The first-order valence-corrected chi connectivity index (χ1v) is 6.95. The molecule has 1 aliphatic rings. The summed E-state index contributed by atoms with van der Waals surface area (Å²) >= 11 is 0. The van der Waals surface area contributed by atoms with Gasteiger partial charge in [-0.1, -0.05) is 6.92 Å². The summed E-state index contributed by atoms with van der Waals surface area (Å²) in [6, 6.07) is 3.92. The van der Waals surface area contributed by atoms with Crippen LogP contribution in [0.25, 0.3) is 0 Å². The molecule has 20 heavy (non-hydrogen) atoms. The highest BCUT2D eigenvalue weighted by Crippen LogP contribution is 2.17. The first kappa shape index (κ1) is 14.9. The van der Waals surface area contributed by atoms with E-state index in [1.54, 1.807) is 0 Å². The number of halogens is 1. The molecule has 0 radical (unpaired) electrons. The average molecular weight is 281 g/mol. The van der Waals surface area contributed by atoms with Crippen molar-refractivity contribution in [3.05, 3.63) is 35.1 Å². The van der Waals surface area contributed by atoms with E-state index in [0.717, 1.165) is 32.5 Å². The molecule has 0 aliphatic carbocycles. The van der Waals surface area contributed by atoms with Crippen LogP contribution in [0.5, 0.6) is 0 Å². The SMILES string of the molecule is CCN(Cc1cc(C(=O)O)ccc1F)CC1CCCO1. The van der Waals surface area contributed by atoms with Gasteiger partial charge < -0.3 is 9.84 Å². The molecule has 1 fully saturated rings. The largest absolute Gasteiger partial charge is 0.478 e. The minimum absolute atomic E-state index is 0.120. The fraction of sp³-hybridized carbons (Fsp3) is 0.533. The minimum Gasteiger partial charge on any atom is -0.478 e. The van der Waals surface area contributed by atoms with Crippen molar-refractivity contribution >= 4 is 5.97 Å². The third-order valence-corrected chi connectivity index (χ3v) is 3.62. The number of benzene rings is 1. The van der Waals surface area contributed by atoms with Crippen LogP contribution in [0.4, 0.5) is 4.39 Å². The second kappa shape index (κ2) is 6.81. The van der Waals surface area contributed by atoms with Crippen LogP contribution in [0, 0.1) is 5.82 Å².